The SMILES string of the molecule is O=C(Nc1ccc(Cl)c(-c2ccccn2)c1)c1ccc(C(=O)N[C@H](CO)c2ccccc2)c(Cl)c1. The molecular weight excluding hydrogens is 485 g/mol. The fourth-order valence-corrected chi connectivity index (χ4v) is 4.00. The summed E-state index contributed by atoms with van der Waals surface area (Å²) in [5, 5.41) is 15.9. The van der Waals surface area contributed by atoms with Crippen LogP contribution < -0.4 is 10.6 Å². The Kier molecular flexibility index (Phi) is 7.77. The van der Waals surface area contributed by atoms with Crippen molar-refractivity contribution in [3.8, 4) is 11.3 Å². The zero-order chi connectivity index (χ0) is 24.8. The van der Waals surface area contributed by atoms with Crippen molar-refractivity contribution >= 4 is 40.7 Å². The molecular formula is C27H21Cl2N3O3. The molecule has 35 heavy (non-hydrogen) atoms. The molecule has 3 N–H and O–H groups in total. The predicted octanol–water partition coefficient (Wildman–Crippen LogP) is 5.77. The van der Waals surface area contributed by atoms with Crippen LogP contribution in [0.15, 0.2) is 91.1 Å². The summed E-state index contributed by atoms with van der Waals surface area (Å²) in [4.78, 5) is 29.9. The summed E-state index contributed by atoms with van der Waals surface area (Å²) >= 11 is 12.7. The molecule has 0 radical (unpaired) electrons. The third-order valence-electron chi connectivity index (χ3n) is 5.33. The predicted molar refractivity (Wildman–Crippen MR) is 138 cm³/mol. The summed E-state index contributed by atoms with van der Waals surface area (Å²) in [6, 6.07) is 23.6. The van der Waals surface area contributed by atoms with Crippen LogP contribution in [0, 0.1) is 0 Å². The van der Waals surface area contributed by atoms with Crippen LogP contribution in [0.1, 0.15) is 32.3 Å². The van der Waals surface area contributed by atoms with Crippen molar-refractivity contribution in [1.29, 1.82) is 0 Å². The number of anilines is 1. The minimum atomic E-state index is -0.582. The maximum Gasteiger partial charge on any atom is 0.255 e. The standard InChI is InChI=1S/C27H21Cl2N3O3/c28-22-12-10-19(15-21(22)24-8-4-5-13-30-24)31-26(34)18-9-11-20(23(29)14-18)27(35)32-25(16-33)17-6-2-1-3-7-17/h1-15,25,33H,16H2,(H,31,34)(H,32,35)/t25-/m1/s1. The maximum absolute atomic E-state index is 12.8. The molecule has 0 aliphatic carbocycles. The maximum atomic E-state index is 12.8. The summed E-state index contributed by atoms with van der Waals surface area (Å²) in [7, 11) is 0. The van der Waals surface area contributed by atoms with Crippen LogP contribution in [0.5, 0.6) is 0 Å². The molecule has 176 valence electrons. The first-order valence-corrected chi connectivity index (χ1v) is 11.5. The number of carbonyl (C=O) groups is 2. The molecule has 4 aromatic rings. The summed E-state index contributed by atoms with van der Waals surface area (Å²) < 4.78 is 0. The molecule has 6 nitrogen and oxygen atoms in total. The number of aliphatic hydroxyl groups is 1. The van der Waals surface area contributed by atoms with E-state index in [9.17, 15) is 14.7 Å². The molecule has 0 saturated heterocycles. The number of nitrogens with zero attached hydrogens (tertiary/aromatic N) is 1. The number of nitrogens with one attached hydrogen (secondary N) is 2. The van der Waals surface area contributed by atoms with E-state index in [1.807, 2.05) is 48.5 Å². The number of halogens is 2. The molecule has 1 atom stereocenters. The number of pyridine rings is 1. The Hall–Kier alpha value is -3.71. The van der Waals surface area contributed by atoms with Crippen molar-refractivity contribution in [2.24, 2.45) is 0 Å². The van der Waals surface area contributed by atoms with Crippen molar-refractivity contribution in [3.05, 3.63) is 118 Å². The van der Waals surface area contributed by atoms with E-state index in [0.717, 1.165) is 5.56 Å². The Balaban J connectivity index is 1.49. The molecule has 4 rings (SSSR count). The molecule has 1 heterocycles. The van der Waals surface area contributed by atoms with E-state index >= 15 is 0 Å². The average Bonchev–Trinajstić information content (AvgIpc) is 2.89. The van der Waals surface area contributed by atoms with E-state index < -0.39 is 17.9 Å². The van der Waals surface area contributed by atoms with Crippen molar-refractivity contribution in [1.82, 2.24) is 10.3 Å². The van der Waals surface area contributed by atoms with Crippen LogP contribution in [-0.2, 0) is 0 Å². The summed E-state index contributed by atoms with van der Waals surface area (Å²) in [6.45, 7) is -0.268. The Morgan fingerprint density at radius 1 is 0.857 bits per heavy atom. The smallest absolute Gasteiger partial charge is 0.255 e. The monoisotopic (exact) mass is 505 g/mol. The first kappa shape index (κ1) is 24.4. The number of aliphatic hydroxyl groups excluding tert-OH is 1. The number of hydrogen-bond acceptors (Lipinski definition) is 4. The lowest BCUT2D eigenvalue weighted by Gasteiger charge is -2.17. The molecule has 0 aliphatic rings. The zero-order valence-corrected chi connectivity index (χ0v) is 19.9. The van der Waals surface area contributed by atoms with Gasteiger partial charge in [0.05, 0.1) is 34.0 Å². The quantitative estimate of drug-likeness (QED) is 0.297. The Labute approximate surface area is 212 Å². The van der Waals surface area contributed by atoms with Gasteiger partial charge in [0, 0.05) is 23.0 Å². The molecule has 0 unspecified atom stereocenters. The van der Waals surface area contributed by atoms with Gasteiger partial charge in [0.1, 0.15) is 0 Å². The van der Waals surface area contributed by atoms with E-state index in [-0.39, 0.29) is 22.8 Å². The summed E-state index contributed by atoms with van der Waals surface area (Å²) in [5.41, 5.74) is 3.15. The molecule has 0 aliphatic heterocycles. The number of benzene rings is 3. The fourth-order valence-electron chi connectivity index (χ4n) is 3.52. The van der Waals surface area contributed by atoms with Gasteiger partial charge in [-0.3, -0.25) is 14.6 Å². The molecule has 8 heteroatoms. The van der Waals surface area contributed by atoms with Crippen LogP contribution in [0.4, 0.5) is 5.69 Å². The highest BCUT2D eigenvalue weighted by molar-refractivity contribution is 6.34. The van der Waals surface area contributed by atoms with Crippen LogP contribution in [0.3, 0.4) is 0 Å². The van der Waals surface area contributed by atoms with Crippen LogP contribution in [-0.4, -0.2) is 28.5 Å². The van der Waals surface area contributed by atoms with Gasteiger partial charge in [-0.1, -0.05) is 59.6 Å². The molecule has 0 spiro atoms. The minimum Gasteiger partial charge on any atom is -0.394 e. The first-order valence-electron chi connectivity index (χ1n) is 10.7. The topological polar surface area (TPSA) is 91.3 Å². The third-order valence-corrected chi connectivity index (χ3v) is 5.97. The van der Waals surface area contributed by atoms with E-state index in [2.05, 4.69) is 15.6 Å². The summed E-state index contributed by atoms with van der Waals surface area (Å²) in [5.74, 6) is -0.853. The summed E-state index contributed by atoms with van der Waals surface area (Å²) in [6.07, 6.45) is 1.67. The molecule has 0 saturated carbocycles. The number of aromatic nitrogens is 1. The van der Waals surface area contributed by atoms with Crippen molar-refractivity contribution in [2.45, 2.75) is 6.04 Å². The van der Waals surface area contributed by atoms with Gasteiger partial charge in [0.2, 0.25) is 0 Å². The van der Waals surface area contributed by atoms with Gasteiger partial charge >= 0.3 is 0 Å². The van der Waals surface area contributed by atoms with E-state index in [0.29, 0.717) is 22.0 Å². The normalized spacial score (nSPS) is 11.5. The lowest BCUT2D eigenvalue weighted by molar-refractivity contribution is 0.0915. The molecule has 3 aromatic carbocycles. The highest BCUT2D eigenvalue weighted by Gasteiger charge is 2.18. The minimum absolute atomic E-state index is 0.116. The van der Waals surface area contributed by atoms with Crippen molar-refractivity contribution in [3.63, 3.8) is 0 Å². The fraction of sp³-hybridized carbons (Fsp3) is 0.0741. The molecule has 1 aromatic heterocycles. The van der Waals surface area contributed by atoms with Crippen molar-refractivity contribution in [2.75, 3.05) is 11.9 Å². The zero-order valence-electron chi connectivity index (χ0n) is 18.4. The van der Waals surface area contributed by atoms with Gasteiger partial charge in [-0.15, -0.1) is 0 Å². The molecule has 2 amide bonds. The van der Waals surface area contributed by atoms with E-state index in [1.165, 1.54) is 18.2 Å². The highest BCUT2D eigenvalue weighted by atomic mass is 35.5. The van der Waals surface area contributed by atoms with Gasteiger partial charge in [-0.05, 0) is 54.1 Å². The van der Waals surface area contributed by atoms with Gasteiger partial charge in [-0.25, -0.2) is 0 Å². The Bertz CT molecular complexity index is 1350. The van der Waals surface area contributed by atoms with Crippen molar-refractivity contribution < 1.29 is 14.7 Å². The van der Waals surface area contributed by atoms with Crippen LogP contribution >= 0.6 is 23.2 Å². The highest BCUT2D eigenvalue weighted by Crippen LogP contribution is 2.29. The van der Waals surface area contributed by atoms with Crippen LogP contribution in [0.25, 0.3) is 11.3 Å². The number of hydrogen-bond donors (Lipinski definition) is 3. The third kappa shape index (κ3) is 5.87. The Morgan fingerprint density at radius 3 is 2.31 bits per heavy atom. The van der Waals surface area contributed by atoms with Gasteiger partial charge < -0.3 is 15.7 Å². The molecule has 0 bridgehead atoms. The van der Waals surface area contributed by atoms with Crippen LogP contribution in [0.2, 0.25) is 10.0 Å². The number of carbonyl (C=O) groups excluding carboxylic acids is 2. The van der Waals surface area contributed by atoms with Gasteiger partial charge in [0.15, 0.2) is 0 Å². The van der Waals surface area contributed by atoms with E-state index in [1.54, 1.807) is 24.4 Å². The number of amides is 2. The van der Waals surface area contributed by atoms with Gasteiger partial charge in [-0.2, -0.15) is 0 Å². The average molecular weight is 506 g/mol. The second kappa shape index (κ2) is 11.1. The van der Waals surface area contributed by atoms with Gasteiger partial charge in [0.25, 0.3) is 11.8 Å². The van der Waals surface area contributed by atoms with E-state index in [4.69, 9.17) is 23.2 Å². The second-order valence-corrected chi connectivity index (χ2v) is 8.49. The lowest BCUT2D eigenvalue weighted by atomic mass is 10.1. The Morgan fingerprint density at radius 2 is 1.63 bits per heavy atom. The number of rotatable bonds is 7. The first-order chi connectivity index (χ1) is 17.0. The lowest BCUT2D eigenvalue weighted by Crippen LogP contribution is -2.31. The second-order valence-electron chi connectivity index (χ2n) is 7.68. The molecule has 0 fully saturated rings. The largest absolute Gasteiger partial charge is 0.394 e.